The first-order chi connectivity index (χ1) is 13.8. The number of nitrogens with zero attached hydrogens (tertiary/aromatic N) is 2. The van der Waals surface area contributed by atoms with Crippen LogP contribution in [0.3, 0.4) is 0 Å². The Morgan fingerprint density at radius 1 is 1.07 bits per heavy atom. The van der Waals surface area contributed by atoms with Crippen LogP contribution in [0.1, 0.15) is 5.56 Å². The summed E-state index contributed by atoms with van der Waals surface area (Å²) >= 11 is 6.01. The topological polar surface area (TPSA) is 126 Å². The molecule has 0 aliphatic heterocycles. The number of halogens is 1. The summed E-state index contributed by atoms with van der Waals surface area (Å²) in [6.45, 7) is 0. The maximum Gasteiger partial charge on any atom is 0.238 e. The molecule has 0 fully saturated rings. The van der Waals surface area contributed by atoms with Gasteiger partial charge in [0.25, 0.3) is 0 Å². The normalized spacial score (nSPS) is 11.3. The minimum atomic E-state index is -3.89. The van der Waals surface area contributed by atoms with Gasteiger partial charge in [-0.2, -0.15) is 0 Å². The van der Waals surface area contributed by atoms with Gasteiger partial charge in [-0.3, -0.25) is 0 Å². The molecule has 3 N–H and O–H groups in total. The molecule has 3 aromatic rings. The molecule has 0 atom stereocenters. The zero-order valence-electron chi connectivity index (χ0n) is 15.9. The number of hydrogen-bond acceptors (Lipinski definition) is 8. The zero-order chi connectivity index (χ0) is 21.2. The summed E-state index contributed by atoms with van der Waals surface area (Å²) in [5.41, 5.74) is 1.63. The molecule has 3 rings (SSSR count). The molecule has 0 aliphatic carbocycles. The average Bonchev–Trinajstić information content (AvgIpc) is 2.71. The molecular weight excluding hydrogens is 420 g/mol. The van der Waals surface area contributed by atoms with Crippen LogP contribution in [0.25, 0.3) is 10.9 Å². The Hall–Kier alpha value is -2.82. The van der Waals surface area contributed by atoms with E-state index >= 15 is 0 Å². The minimum absolute atomic E-state index is 0.0570. The van der Waals surface area contributed by atoms with Crippen LogP contribution in [0.15, 0.2) is 35.5 Å². The number of anilines is 2. The summed E-state index contributed by atoms with van der Waals surface area (Å²) in [4.78, 5) is 8.50. The van der Waals surface area contributed by atoms with E-state index < -0.39 is 10.0 Å². The summed E-state index contributed by atoms with van der Waals surface area (Å²) in [7, 11) is 0.590. The third kappa shape index (κ3) is 4.00. The van der Waals surface area contributed by atoms with Gasteiger partial charge in [0.2, 0.25) is 15.8 Å². The van der Waals surface area contributed by atoms with Crippen molar-refractivity contribution in [3.63, 3.8) is 0 Å². The molecule has 0 amide bonds. The van der Waals surface area contributed by atoms with E-state index in [1.165, 1.54) is 39.8 Å². The van der Waals surface area contributed by atoms with E-state index in [4.69, 9.17) is 31.0 Å². The Bertz CT molecular complexity index is 1170. The van der Waals surface area contributed by atoms with Crippen LogP contribution >= 0.6 is 11.6 Å². The first-order valence-corrected chi connectivity index (χ1v) is 10.3. The number of hydrogen-bond donors (Lipinski definition) is 2. The number of nitrogens with one attached hydrogen (secondary N) is 1. The molecule has 2 aromatic carbocycles. The number of nitrogens with two attached hydrogens (primary N) is 1. The van der Waals surface area contributed by atoms with Gasteiger partial charge in [0.15, 0.2) is 11.5 Å². The fourth-order valence-electron chi connectivity index (χ4n) is 2.88. The van der Waals surface area contributed by atoms with E-state index in [0.29, 0.717) is 45.2 Å². The molecule has 0 aliphatic rings. The maximum absolute atomic E-state index is 11.7. The number of ether oxygens (including phenoxy) is 3. The Kier molecular flexibility index (Phi) is 5.96. The van der Waals surface area contributed by atoms with Crippen molar-refractivity contribution in [1.29, 1.82) is 0 Å². The molecule has 29 heavy (non-hydrogen) atoms. The Morgan fingerprint density at radius 2 is 1.79 bits per heavy atom. The SMILES string of the molecule is COc1cc2ncnc(Nc3cc(S(N)(=O)=O)ccc3CCl)c2c(OC)c1OC. The average molecular weight is 439 g/mol. The van der Waals surface area contributed by atoms with Gasteiger partial charge in [0.05, 0.1) is 37.1 Å². The molecule has 154 valence electrons. The van der Waals surface area contributed by atoms with E-state index in [1.54, 1.807) is 12.1 Å². The molecule has 1 aromatic heterocycles. The van der Waals surface area contributed by atoms with E-state index in [0.717, 1.165) is 0 Å². The number of sulfonamides is 1. The van der Waals surface area contributed by atoms with Crippen LogP contribution < -0.4 is 24.7 Å². The predicted molar refractivity (Wildman–Crippen MR) is 110 cm³/mol. The summed E-state index contributed by atoms with van der Waals surface area (Å²) in [5.74, 6) is 1.69. The fourth-order valence-corrected chi connectivity index (χ4v) is 3.65. The highest BCUT2D eigenvalue weighted by Crippen LogP contribution is 2.45. The van der Waals surface area contributed by atoms with Crippen LogP contribution in [0.5, 0.6) is 17.2 Å². The summed E-state index contributed by atoms with van der Waals surface area (Å²) in [6.07, 6.45) is 1.36. The van der Waals surface area contributed by atoms with Crippen LogP contribution in [-0.4, -0.2) is 39.7 Å². The van der Waals surface area contributed by atoms with Gasteiger partial charge >= 0.3 is 0 Å². The standard InChI is InChI=1S/C18H19ClN4O5S/c1-26-14-7-13-15(17(28-3)16(14)27-2)18(22-9-21-13)23-12-6-11(29(20,24)25)5-4-10(12)8-19/h4-7,9H,8H2,1-3H3,(H2,20,24,25)(H,21,22,23). The molecule has 0 radical (unpaired) electrons. The van der Waals surface area contributed by atoms with Crippen molar-refractivity contribution >= 4 is 44.0 Å². The van der Waals surface area contributed by atoms with E-state index in [-0.39, 0.29) is 10.8 Å². The van der Waals surface area contributed by atoms with Gasteiger partial charge in [0, 0.05) is 17.6 Å². The third-order valence-electron chi connectivity index (χ3n) is 4.24. The van der Waals surface area contributed by atoms with E-state index in [2.05, 4.69) is 15.3 Å². The molecule has 0 unspecified atom stereocenters. The number of aromatic nitrogens is 2. The molecule has 0 spiro atoms. The Labute approximate surface area is 172 Å². The number of fused-ring (bicyclic) bond motifs is 1. The van der Waals surface area contributed by atoms with Crippen LogP contribution in [0.4, 0.5) is 11.5 Å². The summed E-state index contributed by atoms with van der Waals surface area (Å²) in [5, 5.41) is 8.88. The van der Waals surface area contributed by atoms with E-state index in [9.17, 15) is 8.42 Å². The smallest absolute Gasteiger partial charge is 0.238 e. The third-order valence-corrected chi connectivity index (χ3v) is 5.44. The number of rotatable bonds is 7. The number of primary sulfonamides is 1. The highest BCUT2D eigenvalue weighted by molar-refractivity contribution is 7.89. The van der Waals surface area contributed by atoms with Gasteiger partial charge in [-0.15, -0.1) is 11.6 Å². The molecule has 9 nitrogen and oxygen atoms in total. The fraction of sp³-hybridized carbons (Fsp3) is 0.222. The molecule has 0 bridgehead atoms. The second-order valence-electron chi connectivity index (χ2n) is 5.88. The van der Waals surface area contributed by atoms with Gasteiger partial charge in [0.1, 0.15) is 12.1 Å². The molecule has 0 saturated heterocycles. The van der Waals surface area contributed by atoms with Crippen molar-refractivity contribution in [2.75, 3.05) is 26.6 Å². The molecule has 1 heterocycles. The lowest BCUT2D eigenvalue weighted by Gasteiger charge is -2.17. The first-order valence-electron chi connectivity index (χ1n) is 8.26. The lowest BCUT2D eigenvalue weighted by atomic mass is 10.1. The largest absolute Gasteiger partial charge is 0.493 e. The predicted octanol–water partition coefficient (Wildman–Crippen LogP) is 2.79. The van der Waals surface area contributed by atoms with Crippen molar-refractivity contribution in [2.45, 2.75) is 10.8 Å². The number of benzene rings is 2. The quantitative estimate of drug-likeness (QED) is 0.539. The monoisotopic (exact) mass is 438 g/mol. The van der Waals surface area contributed by atoms with Crippen molar-refractivity contribution < 1.29 is 22.6 Å². The van der Waals surface area contributed by atoms with Gasteiger partial charge in [-0.25, -0.2) is 23.5 Å². The van der Waals surface area contributed by atoms with Crippen molar-refractivity contribution in [3.8, 4) is 17.2 Å². The molecular formula is C18H19ClN4O5S. The van der Waals surface area contributed by atoms with Crippen molar-refractivity contribution in [1.82, 2.24) is 9.97 Å². The van der Waals surface area contributed by atoms with Crippen LogP contribution in [-0.2, 0) is 15.9 Å². The zero-order valence-corrected chi connectivity index (χ0v) is 17.5. The maximum atomic E-state index is 11.7. The van der Waals surface area contributed by atoms with Gasteiger partial charge < -0.3 is 19.5 Å². The molecule has 0 saturated carbocycles. The Balaban J connectivity index is 2.24. The second kappa shape index (κ2) is 8.27. The van der Waals surface area contributed by atoms with Gasteiger partial charge in [-0.05, 0) is 17.7 Å². The summed E-state index contributed by atoms with van der Waals surface area (Å²) in [6, 6.07) is 6.06. The summed E-state index contributed by atoms with van der Waals surface area (Å²) < 4.78 is 39.8. The first kappa shape index (κ1) is 20.9. The number of alkyl halides is 1. The highest BCUT2D eigenvalue weighted by atomic mass is 35.5. The van der Waals surface area contributed by atoms with E-state index in [1.807, 2.05) is 0 Å². The lowest BCUT2D eigenvalue weighted by Crippen LogP contribution is -2.12. The minimum Gasteiger partial charge on any atom is -0.493 e. The second-order valence-corrected chi connectivity index (χ2v) is 7.71. The van der Waals surface area contributed by atoms with Crippen LogP contribution in [0.2, 0.25) is 0 Å². The van der Waals surface area contributed by atoms with Crippen molar-refractivity contribution in [2.24, 2.45) is 5.14 Å². The highest BCUT2D eigenvalue weighted by Gasteiger charge is 2.21. The lowest BCUT2D eigenvalue weighted by molar-refractivity contribution is 0.327. The van der Waals surface area contributed by atoms with Crippen molar-refractivity contribution in [3.05, 3.63) is 36.2 Å². The van der Waals surface area contributed by atoms with Gasteiger partial charge in [-0.1, -0.05) is 6.07 Å². The number of methoxy groups -OCH3 is 3. The molecule has 11 heteroatoms. The van der Waals surface area contributed by atoms with Crippen LogP contribution in [0, 0.1) is 0 Å². The Morgan fingerprint density at radius 3 is 2.38 bits per heavy atom.